The zero-order chi connectivity index (χ0) is 6.60. The maximum atomic E-state index is 1.62. The second-order valence-electron chi connectivity index (χ2n) is 4.80. The van der Waals surface area contributed by atoms with Gasteiger partial charge in [-0.3, -0.25) is 0 Å². The van der Waals surface area contributed by atoms with E-state index in [4.69, 9.17) is 0 Å². The molecule has 0 heteroatoms. The van der Waals surface area contributed by atoms with Gasteiger partial charge in [0.15, 0.2) is 0 Å². The van der Waals surface area contributed by atoms with E-state index in [1.165, 1.54) is 11.8 Å². The van der Waals surface area contributed by atoms with E-state index in [0.29, 0.717) is 0 Å². The Kier molecular flexibility index (Phi) is 0.898. The molecule has 0 aromatic rings. The Hall–Kier alpha value is 0. The van der Waals surface area contributed by atoms with Crippen LogP contribution < -0.4 is 0 Å². The lowest BCUT2D eigenvalue weighted by atomic mass is 9.78. The van der Waals surface area contributed by atoms with Gasteiger partial charge in [0, 0.05) is 0 Å². The van der Waals surface area contributed by atoms with Crippen LogP contribution in [0.5, 0.6) is 0 Å². The molecule has 0 heterocycles. The van der Waals surface area contributed by atoms with E-state index in [1.54, 1.807) is 44.9 Å². The molecule has 3 aliphatic rings. The highest BCUT2D eigenvalue weighted by Crippen LogP contribution is 2.64. The second kappa shape index (κ2) is 1.60. The standard InChI is InChI=1S/C10H16/c1-2-9-6-8-3-5-10(9,4-1)7-8/h8-9H,1-7H2/t8-,9-,10-/m1/s1. The maximum absolute atomic E-state index is 1.62. The van der Waals surface area contributed by atoms with Gasteiger partial charge in [-0.05, 0) is 55.8 Å². The number of hydrogen-bond donors (Lipinski definition) is 0. The summed E-state index contributed by atoms with van der Waals surface area (Å²) in [4.78, 5) is 0. The fraction of sp³-hybridized carbons (Fsp3) is 1.00. The van der Waals surface area contributed by atoms with Crippen molar-refractivity contribution in [3.63, 3.8) is 0 Å². The SMILES string of the molecule is C1C[C@@H]2C[C@H]3CC[C@]2(C1)C3. The molecular formula is C10H16. The first kappa shape index (κ1) is 5.62. The van der Waals surface area contributed by atoms with Crippen molar-refractivity contribution < 1.29 is 0 Å². The Balaban J connectivity index is 1.99. The third kappa shape index (κ3) is 0.500. The van der Waals surface area contributed by atoms with Gasteiger partial charge in [0.25, 0.3) is 0 Å². The highest BCUT2D eigenvalue weighted by molar-refractivity contribution is 5.04. The molecule has 3 aliphatic carbocycles. The highest BCUT2D eigenvalue weighted by Gasteiger charge is 2.53. The molecular weight excluding hydrogens is 120 g/mol. The lowest BCUT2D eigenvalue weighted by molar-refractivity contribution is 0.227. The fourth-order valence-corrected chi connectivity index (χ4v) is 4.05. The fourth-order valence-electron chi connectivity index (χ4n) is 4.05. The van der Waals surface area contributed by atoms with Crippen LogP contribution in [0.3, 0.4) is 0 Å². The van der Waals surface area contributed by atoms with Crippen molar-refractivity contribution in [3.8, 4) is 0 Å². The van der Waals surface area contributed by atoms with Crippen molar-refractivity contribution in [1.82, 2.24) is 0 Å². The zero-order valence-corrected chi connectivity index (χ0v) is 6.60. The average molecular weight is 136 g/mol. The van der Waals surface area contributed by atoms with Crippen LogP contribution >= 0.6 is 0 Å². The molecule has 0 amide bonds. The molecule has 0 nitrogen and oxygen atoms in total. The number of fused-ring (bicyclic) bond motifs is 1. The van der Waals surface area contributed by atoms with Crippen LogP contribution in [0.1, 0.15) is 44.9 Å². The Morgan fingerprint density at radius 3 is 2.90 bits per heavy atom. The van der Waals surface area contributed by atoms with E-state index >= 15 is 0 Å². The maximum Gasteiger partial charge on any atom is -0.0266 e. The predicted octanol–water partition coefficient (Wildman–Crippen LogP) is 2.98. The van der Waals surface area contributed by atoms with Crippen LogP contribution in [-0.4, -0.2) is 0 Å². The summed E-state index contributed by atoms with van der Waals surface area (Å²) in [6, 6.07) is 0. The van der Waals surface area contributed by atoms with E-state index in [9.17, 15) is 0 Å². The van der Waals surface area contributed by atoms with E-state index in [1.807, 2.05) is 0 Å². The molecule has 0 radical (unpaired) electrons. The van der Waals surface area contributed by atoms with Crippen LogP contribution in [0.25, 0.3) is 0 Å². The molecule has 10 heavy (non-hydrogen) atoms. The molecule has 0 aromatic heterocycles. The van der Waals surface area contributed by atoms with Crippen molar-refractivity contribution in [2.45, 2.75) is 44.9 Å². The highest BCUT2D eigenvalue weighted by atomic mass is 14.6. The molecule has 0 unspecified atom stereocenters. The number of rotatable bonds is 0. The molecule has 3 fully saturated rings. The van der Waals surface area contributed by atoms with Crippen molar-refractivity contribution in [3.05, 3.63) is 0 Å². The summed E-state index contributed by atoms with van der Waals surface area (Å²) in [5.74, 6) is 2.36. The molecule has 0 N–H and O–H groups in total. The van der Waals surface area contributed by atoms with Gasteiger partial charge in [-0.1, -0.05) is 6.42 Å². The third-order valence-electron chi connectivity index (χ3n) is 4.46. The lowest BCUT2D eigenvalue weighted by Gasteiger charge is -2.27. The van der Waals surface area contributed by atoms with Crippen molar-refractivity contribution >= 4 is 0 Å². The zero-order valence-electron chi connectivity index (χ0n) is 6.60. The van der Waals surface area contributed by atoms with Gasteiger partial charge in [0.2, 0.25) is 0 Å². The van der Waals surface area contributed by atoms with Crippen LogP contribution in [-0.2, 0) is 0 Å². The molecule has 3 atom stereocenters. The van der Waals surface area contributed by atoms with Crippen LogP contribution in [0.4, 0.5) is 0 Å². The predicted molar refractivity (Wildman–Crippen MR) is 41.7 cm³/mol. The molecule has 1 spiro atoms. The Labute approximate surface area is 63.0 Å². The summed E-state index contributed by atoms with van der Waals surface area (Å²) < 4.78 is 0. The number of hydrogen-bond acceptors (Lipinski definition) is 0. The molecule has 0 saturated heterocycles. The molecule has 56 valence electrons. The molecule has 2 bridgehead atoms. The van der Waals surface area contributed by atoms with Crippen LogP contribution in [0.15, 0.2) is 0 Å². The lowest BCUT2D eigenvalue weighted by Crippen LogP contribution is -2.18. The van der Waals surface area contributed by atoms with Crippen LogP contribution in [0.2, 0.25) is 0 Å². The summed E-state index contributed by atoms with van der Waals surface area (Å²) in [5.41, 5.74) is 0.921. The minimum absolute atomic E-state index is 0.921. The smallest absolute Gasteiger partial charge is 0.0266 e. The first-order valence-corrected chi connectivity index (χ1v) is 4.89. The van der Waals surface area contributed by atoms with E-state index < -0.39 is 0 Å². The first-order valence-electron chi connectivity index (χ1n) is 4.89. The van der Waals surface area contributed by atoms with E-state index in [2.05, 4.69) is 0 Å². The molecule has 3 saturated carbocycles. The third-order valence-corrected chi connectivity index (χ3v) is 4.46. The molecule has 3 rings (SSSR count). The van der Waals surface area contributed by atoms with E-state index in [0.717, 1.165) is 5.41 Å². The van der Waals surface area contributed by atoms with Gasteiger partial charge in [0.1, 0.15) is 0 Å². The summed E-state index contributed by atoms with van der Waals surface area (Å²) in [7, 11) is 0. The van der Waals surface area contributed by atoms with Crippen LogP contribution in [0, 0.1) is 17.3 Å². The van der Waals surface area contributed by atoms with Gasteiger partial charge in [-0.2, -0.15) is 0 Å². The molecule has 0 aromatic carbocycles. The van der Waals surface area contributed by atoms with Gasteiger partial charge >= 0.3 is 0 Å². The topological polar surface area (TPSA) is 0 Å². The van der Waals surface area contributed by atoms with Crippen molar-refractivity contribution in [2.75, 3.05) is 0 Å². The van der Waals surface area contributed by atoms with Gasteiger partial charge < -0.3 is 0 Å². The Morgan fingerprint density at radius 2 is 2.10 bits per heavy atom. The average Bonchev–Trinajstić information content (AvgIpc) is 2.48. The van der Waals surface area contributed by atoms with Crippen molar-refractivity contribution in [2.24, 2.45) is 17.3 Å². The largest absolute Gasteiger partial charge is 0.0525 e. The van der Waals surface area contributed by atoms with Gasteiger partial charge in [-0.25, -0.2) is 0 Å². The summed E-state index contributed by atoms with van der Waals surface area (Å²) in [6.45, 7) is 0. The summed E-state index contributed by atoms with van der Waals surface area (Å²) in [6.07, 6.45) is 11.1. The Bertz CT molecular complexity index is 157. The first-order chi connectivity index (χ1) is 4.89. The second-order valence-corrected chi connectivity index (χ2v) is 4.80. The normalized spacial score (nSPS) is 57.6. The monoisotopic (exact) mass is 136 g/mol. The summed E-state index contributed by atoms with van der Waals surface area (Å²) in [5, 5.41) is 0. The minimum Gasteiger partial charge on any atom is -0.0525 e. The van der Waals surface area contributed by atoms with Gasteiger partial charge in [0.05, 0.1) is 0 Å². The minimum atomic E-state index is 0.921. The van der Waals surface area contributed by atoms with Crippen molar-refractivity contribution in [1.29, 1.82) is 0 Å². The quantitative estimate of drug-likeness (QED) is 0.480. The van der Waals surface area contributed by atoms with E-state index in [-0.39, 0.29) is 0 Å². The summed E-state index contributed by atoms with van der Waals surface area (Å²) >= 11 is 0. The Morgan fingerprint density at radius 1 is 1.10 bits per heavy atom. The van der Waals surface area contributed by atoms with Gasteiger partial charge in [-0.15, -0.1) is 0 Å². The molecule has 0 aliphatic heterocycles.